The maximum absolute atomic E-state index is 12.9. The molecule has 3 aliphatic rings. The fourth-order valence-electron chi connectivity index (χ4n) is 7.80. The first kappa shape index (κ1) is 42.6. The molecule has 12 unspecified atom stereocenters. The summed E-state index contributed by atoms with van der Waals surface area (Å²) in [4.78, 5) is 25.5. The molecule has 5 N–H and O–H groups in total. The van der Waals surface area contributed by atoms with Gasteiger partial charge in [0.15, 0.2) is 5.79 Å². The predicted octanol–water partition coefficient (Wildman–Crippen LogP) is 5.72. The summed E-state index contributed by atoms with van der Waals surface area (Å²) < 4.78 is 19.5. The molecule has 288 valence electrons. The van der Waals surface area contributed by atoms with Crippen molar-refractivity contribution in [2.24, 2.45) is 23.7 Å². The molecule has 3 rings (SSSR count). The lowest BCUT2D eigenvalue weighted by Crippen LogP contribution is -2.50. The van der Waals surface area contributed by atoms with E-state index in [-0.39, 0.29) is 49.2 Å². The quantitative estimate of drug-likeness (QED) is 0.0899. The van der Waals surface area contributed by atoms with Crippen LogP contribution in [-0.2, 0) is 23.8 Å². The second-order valence-corrected chi connectivity index (χ2v) is 15.9. The Morgan fingerprint density at radius 2 is 1.70 bits per heavy atom. The van der Waals surface area contributed by atoms with Crippen LogP contribution in [0.3, 0.4) is 0 Å². The largest absolute Gasteiger partial charge is 0.390 e. The molecule has 12 atom stereocenters. The highest BCUT2D eigenvalue weighted by molar-refractivity contribution is 5.79. The third-order valence-electron chi connectivity index (χ3n) is 11.1. The molecular formula is C40H70N2O8. The maximum Gasteiger partial charge on any atom is 0.225 e. The van der Waals surface area contributed by atoms with E-state index in [0.29, 0.717) is 30.7 Å². The zero-order chi connectivity index (χ0) is 36.8. The number of nitrogens with one attached hydrogen (secondary N) is 2. The molecule has 0 saturated carbocycles. The Kier molecular flexibility index (Phi) is 17.9. The van der Waals surface area contributed by atoms with Crippen LogP contribution >= 0.6 is 0 Å². The summed E-state index contributed by atoms with van der Waals surface area (Å²) in [5.41, 5.74) is 1.01. The number of carbonyl (C=O) groups excluding carboxylic acids is 2. The van der Waals surface area contributed by atoms with Crippen molar-refractivity contribution in [3.63, 3.8) is 0 Å². The van der Waals surface area contributed by atoms with Crippen LogP contribution in [0.2, 0.25) is 0 Å². The summed E-state index contributed by atoms with van der Waals surface area (Å²) >= 11 is 0. The molecule has 0 aliphatic carbocycles. The summed E-state index contributed by atoms with van der Waals surface area (Å²) in [5.74, 6) is -0.453. The number of ether oxygens (including phenoxy) is 3. The topological polar surface area (TPSA) is 147 Å². The van der Waals surface area contributed by atoms with E-state index in [1.54, 1.807) is 19.9 Å². The first-order valence-corrected chi connectivity index (χ1v) is 19.6. The Labute approximate surface area is 302 Å². The molecule has 3 heterocycles. The van der Waals surface area contributed by atoms with Gasteiger partial charge in [0.2, 0.25) is 11.8 Å². The van der Waals surface area contributed by atoms with Crippen LogP contribution in [0.15, 0.2) is 23.8 Å². The second kappa shape index (κ2) is 21.0. The molecule has 50 heavy (non-hydrogen) atoms. The van der Waals surface area contributed by atoms with Gasteiger partial charge in [-0.2, -0.15) is 0 Å². The van der Waals surface area contributed by atoms with Crippen molar-refractivity contribution in [3.05, 3.63) is 23.8 Å². The molecule has 0 aromatic carbocycles. The molecule has 0 radical (unpaired) electrons. The molecular weight excluding hydrogens is 636 g/mol. The number of hydrogen-bond acceptors (Lipinski definition) is 8. The lowest BCUT2D eigenvalue weighted by Gasteiger charge is -2.48. The Hall–Kier alpha value is -1.82. The van der Waals surface area contributed by atoms with Gasteiger partial charge in [-0.05, 0) is 102 Å². The second-order valence-electron chi connectivity index (χ2n) is 15.9. The van der Waals surface area contributed by atoms with Crippen LogP contribution in [0.1, 0.15) is 132 Å². The number of aliphatic hydroxyl groups excluding tert-OH is 3. The van der Waals surface area contributed by atoms with Gasteiger partial charge >= 0.3 is 0 Å². The number of carbonyl (C=O) groups is 2. The normalized spacial score (nSPS) is 32.3. The van der Waals surface area contributed by atoms with E-state index in [9.17, 15) is 24.9 Å². The van der Waals surface area contributed by atoms with Gasteiger partial charge in [0.05, 0.1) is 55.1 Å². The van der Waals surface area contributed by atoms with E-state index in [4.69, 9.17) is 14.2 Å². The first-order chi connectivity index (χ1) is 23.7. The predicted molar refractivity (Wildman–Crippen MR) is 196 cm³/mol. The number of aliphatic hydroxyl groups is 3. The van der Waals surface area contributed by atoms with Crippen LogP contribution in [0, 0.1) is 23.7 Å². The van der Waals surface area contributed by atoms with Crippen LogP contribution < -0.4 is 10.6 Å². The molecule has 10 nitrogen and oxygen atoms in total. The summed E-state index contributed by atoms with van der Waals surface area (Å²) in [5, 5.41) is 36.3. The molecule has 1 spiro atoms. The smallest absolute Gasteiger partial charge is 0.225 e. The minimum Gasteiger partial charge on any atom is -0.390 e. The molecule has 3 fully saturated rings. The van der Waals surface area contributed by atoms with Crippen molar-refractivity contribution in [2.45, 2.75) is 180 Å². The SMILES string of the molecule is CC=CC(O)CC1CC(C)CC(CC(=O)NCC(O)C(C)C(=O)NCCCC2OC3(CCCC(CCC(C)C=C(C)C(C)O)O3)CCC2C)O1. The fourth-order valence-corrected chi connectivity index (χ4v) is 7.80. The lowest BCUT2D eigenvalue weighted by atomic mass is 9.85. The third-order valence-corrected chi connectivity index (χ3v) is 11.1. The van der Waals surface area contributed by atoms with Crippen LogP contribution in [0.25, 0.3) is 0 Å². The molecule has 3 aliphatic heterocycles. The Balaban J connectivity index is 1.35. The lowest BCUT2D eigenvalue weighted by molar-refractivity contribution is -0.324. The average Bonchev–Trinajstić information content (AvgIpc) is 3.05. The summed E-state index contributed by atoms with van der Waals surface area (Å²) in [7, 11) is 0. The molecule has 3 saturated heterocycles. The summed E-state index contributed by atoms with van der Waals surface area (Å²) in [6.45, 7) is 14.4. The first-order valence-electron chi connectivity index (χ1n) is 19.6. The van der Waals surface area contributed by atoms with Gasteiger partial charge in [0.25, 0.3) is 0 Å². The number of hydrogen-bond donors (Lipinski definition) is 5. The van der Waals surface area contributed by atoms with Gasteiger partial charge in [0.1, 0.15) is 0 Å². The van der Waals surface area contributed by atoms with E-state index < -0.39 is 30.0 Å². The number of rotatable bonds is 18. The maximum atomic E-state index is 12.9. The Bertz CT molecular complexity index is 1100. The van der Waals surface area contributed by atoms with Crippen molar-refractivity contribution in [2.75, 3.05) is 13.1 Å². The average molecular weight is 707 g/mol. The zero-order valence-corrected chi connectivity index (χ0v) is 32.1. The van der Waals surface area contributed by atoms with Crippen LogP contribution in [-0.4, -0.2) is 88.7 Å². The molecule has 2 amide bonds. The van der Waals surface area contributed by atoms with E-state index >= 15 is 0 Å². The van der Waals surface area contributed by atoms with Gasteiger partial charge in [-0.3, -0.25) is 9.59 Å². The monoisotopic (exact) mass is 707 g/mol. The van der Waals surface area contributed by atoms with Crippen molar-refractivity contribution < 1.29 is 39.1 Å². The van der Waals surface area contributed by atoms with E-state index in [1.807, 2.05) is 19.9 Å². The van der Waals surface area contributed by atoms with Crippen molar-refractivity contribution >= 4 is 11.8 Å². The van der Waals surface area contributed by atoms with Crippen molar-refractivity contribution in [1.82, 2.24) is 10.6 Å². The van der Waals surface area contributed by atoms with Crippen LogP contribution in [0.5, 0.6) is 0 Å². The van der Waals surface area contributed by atoms with Crippen molar-refractivity contribution in [3.8, 4) is 0 Å². The minimum atomic E-state index is -1.01. The standard InChI is InChI=1S/C40H70N2O8/c1-8-11-32(44)23-34-21-27(3)22-35(48-34)24-38(46)42-25-36(45)30(6)39(47)41-19-10-13-37-28(4)16-18-40(50-37)17-9-12-33(49-40)15-14-26(2)20-29(5)31(7)43/h8,11,20,26-28,30-37,43-45H,9-10,12-19,21-25H2,1-7H3,(H,41,47)(H,42,46). The number of amides is 2. The number of allylic oxidation sites excluding steroid dienone is 2. The Morgan fingerprint density at radius 3 is 2.42 bits per heavy atom. The van der Waals surface area contributed by atoms with Crippen molar-refractivity contribution in [1.29, 1.82) is 0 Å². The highest BCUT2D eigenvalue weighted by atomic mass is 16.7. The van der Waals surface area contributed by atoms with E-state index in [2.05, 4.69) is 37.5 Å². The van der Waals surface area contributed by atoms with Gasteiger partial charge in [-0.15, -0.1) is 0 Å². The highest BCUT2D eigenvalue weighted by Gasteiger charge is 2.44. The summed E-state index contributed by atoms with van der Waals surface area (Å²) in [6, 6.07) is 0. The van der Waals surface area contributed by atoms with Crippen LogP contribution in [0.4, 0.5) is 0 Å². The molecule has 0 bridgehead atoms. The molecule has 0 aromatic rings. The fraction of sp³-hybridized carbons (Fsp3) is 0.850. The van der Waals surface area contributed by atoms with E-state index in [0.717, 1.165) is 76.2 Å². The third kappa shape index (κ3) is 14.3. The van der Waals surface area contributed by atoms with E-state index in [1.165, 1.54) is 0 Å². The minimum absolute atomic E-state index is 0.00719. The van der Waals surface area contributed by atoms with Gasteiger partial charge in [0, 0.05) is 32.4 Å². The molecule has 10 heteroatoms. The summed E-state index contributed by atoms with van der Waals surface area (Å²) in [6.07, 6.45) is 14.6. The zero-order valence-electron chi connectivity index (χ0n) is 32.1. The van der Waals surface area contributed by atoms with Gasteiger partial charge < -0.3 is 40.2 Å². The van der Waals surface area contributed by atoms with Gasteiger partial charge in [-0.1, -0.05) is 45.9 Å². The van der Waals surface area contributed by atoms with Gasteiger partial charge in [-0.25, -0.2) is 0 Å². The Morgan fingerprint density at radius 1 is 0.960 bits per heavy atom. The molecule has 0 aromatic heterocycles. The highest BCUT2D eigenvalue weighted by Crippen LogP contribution is 2.43.